The highest BCUT2D eigenvalue weighted by Gasteiger charge is 2.13. The second-order valence-electron chi connectivity index (χ2n) is 5.49. The van der Waals surface area contributed by atoms with Crippen molar-refractivity contribution in [3.05, 3.63) is 29.1 Å². The van der Waals surface area contributed by atoms with Gasteiger partial charge in [-0.1, -0.05) is 13.8 Å². The molecule has 0 amide bonds. The van der Waals surface area contributed by atoms with Gasteiger partial charge in [-0.2, -0.15) is 0 Å². The first-order chi connectivity index (χ1) is 9.30. The Balaban J connectivity index is 1.92. The molecular formula is C16H23N3. The first kappa shape index (κ1) is 12.7. The molecule has 0 bridgehead atoms. The van der Waals surface area contributed by atoms with Crippen molar-refractivity contribution >= 4 is 11.0 Å². The molecule has 3 rings (SSSR count). The summed E-state index contributed by atoms with van der Waals surface area (Å²) in [6, 6.07) is 4.62. The van der Waals surface area contributed by atoms with E-state index in [2.05, 4.69) is 35.9 Å². The second kappa shape index (κ2) is 5.33. The van der Waals surface area contributed by atoms with E-state index in [-0.39, 0.29) is 0 Å². The van der Waals surface area contributed by atoms with Crippen LogP contribution in [-0.4, -0.2) is 28.0 Å². The lowest BCUT2D eigenvalue weighted by molar-refractivity contribution is 0.289. The number of aryl methyl sites for hydroxylation is 2. The molecule has 3 heteroatoms. The highest BCUT2D eigenvalue weighted by Crippen LogP contribution is 2.25. The van der Waals surface area contributed by atoms with Gasteiger partial charge >= 0.3 is 0 Å². The molecule has 0 atom stereocenters. The maximum atomic E-state index is 4.76. The summed E-state index contributed by atoms with van der Waals surface area (Å²) in [6.07, 6.45) is 5.12. The van der Waals surface area contributed by atoms with Crippen LogP contribution in [-0.2, 0) is 19.4 Å². The van der Waals surface area contributed by atoms with Gasteiger partial charge in [0.05, 0.1) is 17.6 Å². The monoisotopic (exact) mass is 257 g/mol. The summed E-state index contributed by atoms with van der Waals surface area (Å²) >= 11 is 0. The highest BCUT2D eigenvalue weighted by molar-refractivity contribution is 5.77. The van der Waals surface area contributed by atoms with Crippen LogP contribution in [0.1, 0.15) is 43.6 Å². The molecule has 1 aromatic carbocycles. The Labute approximate surface area is 115 Å². The molecule has 19 heavy (non-hydrogen) atoms. The lowest BCUT2D eigenvalue weighted by Crippen LogP contribution is -2.22. The first-order valence-corrected chi connectivity index (χ1v) is 7.53. The lowest BCUT2D eigenvalue weighted by atomic mass is 9.91. The first-order valence-electron chi connectivity index (χ1n) is 7.53. The van der Waals surface area contributed by atoms with Crippen molar-refractivity contribution in [3.8, 4) is 0 Å². The van der Waals surface area contributed by atoms with Gasteiger partial charge in [-0.15, -0.1) is 0 Å². The van der Waals surface area contributed by atoms with Crippen LogP contribution in [0.25, 0.3) is 11.0 Å². The van der Waals surface area contributed by atoms with Crippen LogP contribution in [0.4, 0.5) is 0 Å². The smallest absolute Gasteiger partial charge is 0.121 e. The fourth-order valence-electron chi connectivity index (χ4n) is 3.03. The van der Waals surface area contributed by atoms with Crippen LogP contribution in [0.15, 0.2) is 12.1 Å². The number of hydrogen-bond acceptors (Lipinski definition) is 2. The van der Waals surface area contributed by atoms with E-state index in [1.165, 1.54) is 42.3 Å². The zero-order chi connectivity index (χ0) is 13.2. The van der Waals surface area contributed by atoms with Crippen molar-refractivity contribution in [1.82, 2.24) is 14.9 Å². The minimum absolute atomic E-state index is 0.923. The third kappa shape index (κ3) is 2.52. The number of fused-ring (bicyclic) bond motifs is 2. The molecule has 1 N–H and O–H groups in total. The summed E-state index contributed by atoms with van der Waals surface area (Å²) in [4.78, 5) is 10.6. The number of hydrogen-bond donors (Lipinski definition) is 1. The zero-order valence-corrected chi connectivity index (χ0v) is 12.0. The van der Waals surface area contributed by atoms with Gasteiger partial charge in [-0.05, 0) is 62.0 Å². The van der Waals surface area contributed by atoms with Crippen LogP contribution < -0.4 is 0 Å². The summed E-state index contributed by atoms with van der Waals surface area (Å²) in [5, 5.41) is 0. The highest BCUT2D eigenvalue weighted by atomic mass is 15.1. The van der Waals surface area contributed by atoms with Crippen molar-refractivity contribution in [1.29, 1.82) is 0 Å². The fraction of sp³-hybridized carbons (Fsp3) is 0.562. The van der Waals surface area contributed by atoms with E-state index in [1.807, 2.05) is 0 Å². The van der Waals surface area contributed by atoms with Gasteiger partial charge in [-0.25, -0.2) is 4.98 Å². The molecule has 3 nitrogen and oxygen atoms in total. The van der Waals surface area contributed by atoms with Gasteiger partial charge in [-0.3, -0.25) is 4.90 Å². The standard InChI is InChI=1S/C16H23N3/c1-3-19(4-2)11-16-17-14-9-12-7-5-6-8-13(12)10-15(14)18-16/h9-10H,3-8,11H2,1-2H3,(H,17,18). The second-order valence-corrected chi connectivity index (χ2v) is 5.49. The summed E-state index contributed by atoms with van der Waals surface area (Å²) in [5.41, 5.74) is 5.39. The SMILES string of the molecule is CCN(CC)Cc1nc2cc3c(cc2[nH]1)CCCC3. The molecule has 0 aliphatic heterocycles. The Hall–Kier alpha value is -1.35. The van der Waals surface area contributed by atoms with Crippen LogP contribution in [0, 0.1) is 0 Å². The molecule has 1 heterocycles. The Bertz CT molecular complexity index is 524. The van der Waals surface area contributed by atoms with Gasteiger partial charge in [0.15, 0.2) is 0 Å². The molecule has 1 aliphatic rings. The van der Waals surface area contributed by atoms with Crippen LogP contribution >= 0.6 is 0 Å². The van der Waals surface area contributed by atoms with E-state index in [1.54, 1.807) is 0 Å². The van der Waals surface area contributed by atoms with Crippen LogP contribution in [0.3, 0.4) is 0 Å². The number of aromatic amines is 1. The number of H-pyrrole nitrogens is 1. The van der Waals surface area contributed by atoms with Crippen molar-refractivity contribution in [2.24, 2.45) is 0 Å². The number of nitrogens with one attached hydrogen (secondary N) is 1. The largest absolute Gasteiger partial charge is 0.341 e. The van der Waals surface area contributed by atoms with Gasteiger partial charge < -0.3 is 4.98 Å². The molecule has 2 aromatic rings. The van der Waals surface area contributed by atoms with Crippen molar-refractivity contribution in [2.45, 2.75) is 46.1 Å². The Kier molecular flexibility index (Phi) is 3.56. The van der Waals surface area contributed by atoms with Gasteiger partial charge in [0.25, 0.3) is 0 Å². The maximum Gasteiger partial charge on any atom is 0.121 e. The van der Waals surface area contributed by atoms with Crippen LogP contribution in [0.2, 0.25) is 0 Å². The number of nitrogens with zero attached hydrogens (tertiary/aromatic N) is 2. The fourth-order valence-corrected chi connectivity index (χ4v) is 3.03. The minimum Gasteiger partial charge on any atom is -0.341 e. The van der Waals surface area contributed by atoms with Crippen molar-refractivity contribution < 1.29 is 0 Å². The van der Waals surface area contributed by atoms with Crippen LogP contribution in [0.5, 0.6) is 0 Å². The van der Waals surface area contributed by atoms with Crippen molar-refractivity contribution in [3.63, 3.8) is 0 Å². The molecule has 1 aromatic heterocycles. The van der Waals surface area contributed by atoms with Gasteiger partial charge in [0, 0.05) is 0 Å². The quantitative estimate of drug-likeness (QED) is 0.911. The molecule has 0 radical (unpaired) electrons. The van der Waals surface area contributed by atoms with E-state index in [0.717, 1.165) is 31.0 Å². The number of benzene rings is 1. The Morgan fingerprint density at radius 2 is 1.79 bits per heavy atom. The van der Waals surface area contributed by atoms with E-state index >= 15 is 0 Å². The molecule has 0 spiro atoms. The average molecular weight is 257 g/mol. The topological polar surface area (TPSA) is 31.9 Å². The Morgan fingerprint density at radius 1 is 1.11 bits per heavy atom. The van der Waals surface area contributed by atoms with Gasteiger partial charge in [0.1, 0.15) is 5.82 Å². The van der Waals surface area contributed by atoms with Gasteiger partial charge in [0.2, 0.25) is 0 Å². The summed E-state index contributed by atoms with van der Waals surface area (Å²) < 4.78 is 0. The molecule has 0 saturated heterocycles. The predicted octanol–water partition coefficient (Wildman–Crippen LogP) is 3.28. The number of imidazole rings is 1. The molecule has 1 aliphatic carbocycles. The molecule has 0 fully saturated rings. The molecule has 102 valence electrons. The summed E-state index contributed by atoms with van der Waals surface area (Å²) in [5.74, 6) is 1.10. The summed E-state index contributed by atoms with van der Waals surface area (Å²) in [7, 11) is 0. The minimum atomic E-state index is 0.923. The summed E-state index contributed by atoms with van der Waals surface area (Å²) in [6.45, 7) is 7.47. The maximum absolute atomic E-state index is 4.76. The van der Waals surface area contributed by atoms with E-state index in [4.69, 9.17) is 4.98 Å². The molecule has 0 unspecified atom stereocenters. The molecular weight excluding hydrogens is 234 g/mol. The zero-order valence-electron chi connectivity index (χ0n) is 12.0. The predicted molar refractivity (Wildman–Crippen MR) is 79.4 cm³/mol. The molecule has 0 saturated carbocycles. The average Bonchev–Trinajstić information content (AvgIpc) is 2.83. The van der Waals surface area contributed by atoms with E-state index in [0.29, 0.717) is 0 Å². The number of aromatic nitrogens is 2. The third-order valence-electron chi connectivity index (χ3n) is 4.26. The Morgan fingerprint density at radius 3 is 2.47 bits per heavy atom. The van der Waals surface area contributed by atoms with Crippen molar-refractivity contribution in [2.75, 3.05) is 13.1 Å². The number of rotatable bonds is 4. The van der Waals surface area contributed by atoms with E-state index in [9.17, 15) is 0 Å². The lowest BCUT2D eigenvalue weighted by Gasteiger charge is -2.15. The normalized spacial score (nSPS) is 15.1. The van der Waals surface area contributed by atoms with E-state index < -0.39 is 0 Å². The third-order valence-corrected chi connectivity index (χ3v) is 4.26.